The number of carbonyl (C=O) groups is 1. The van der Waals surface area contributed by atoms with E-state index in [1.165, 1.54) is 6.33 Å². The smallest absolute Gasteiger partial charge is 0.364 e. The third-order valence-corrected chi connectivity index (χ3v) is 5.88. The van der Waals surface area contributed by atoms with E-state index in [0.29, 0.717) is 54.6 Å². The Kier molecular flexibility index (Phi) is 5.79. The molecule has 1 aliphatic heterocycles. The lowest BCUT2D eigenvalue weighted by Gasteiger charge is -2.36. The molecule has 34 heavy (non-hydrogen) atoms. The highest BCUT2D eigenvalue weighted by molar-refractivity contribution is 6.00. The third-order valence-electron chi connectivity index (χ3n) is 5.88. The van der Waals surface area contributed by atoms with Crippen LogP contribution in [0.5, 0.6) is 11.5 Å². The van der Waals surface area contributed by atoms with Crippen LogP contribution in [0.4, 0.5) is 5.82 Å². The third kappa shape index (κ3) is 3.81. The van der Waals surface area contributed by atoms with Crippen LogP contribution in [0.2, 0.25) is 0 Å². The molecule has 2 N–H and O–H groups in total. The first kappa shape index (κ1) is 21.7. The summed E-state index contributed by atoms with van der Waals surface area (Å²) in [5.41, 5.74) is 8.22. The molecule has 9 nitrogen and oxygen atoms in total. The highest BCUT2D eigenvalue weighted by Crippen LogP contribution is 2.33. The highest BCUT2D eigenvalue weighted by atomic mass is 16.5. The average molecular weight is 458 g/mol. The summed E-state index contributed by atoms with van der Waals surface area (Å²) in [5, 5.41) is 5.50. The molecule has 172 valence electrons. The summed E-state index contributed by atoms with van der Waals surface area (Å²) in [4.78, 5) is 23.6. The fourth-order valence-corrected chi connectivity index (χ4v) is 4.16. The number of hydrogen-bond donors (Lipinski definition) is 1. The molecule has 0 atom stereocenters. The van der Waals surface area contributed by atoms with Gasteiger partial charge in [-0.2, -0.15) is 0 Å². The van der Waals surface area contributed by atoms with Crippen LogP contribution in [0.1, 0.15) is 6.92 Å². The second-order valence-electron chi connectivity index (χ2n) is 7.96. The minimum absolute atomic E-state index is 0.0491. The van der Waals surface area contributed by atoms with Gasteiger partial charge in [0, 0.05) is 11.6 Å². The van der Waals surface area contributed by atoms with Crippen molar-refractivity contribution in [3.05, 3.63) is 73.1 Å². The Labute approximate surface area is 196 Å². The molecule has 0 spiro atoms. The molecule has 1 amide bonds. The van der Waals surface area contributed by atoms with E-state index in [-0.39, 0.29) is 10.5 Å². The van der Waals surface area contributed by atoms with Crippen molar-refractivity contribution in [1.29, 1.82) is 0 Å². The number of fused-ring (bicyclic) bond motifs is 1. The van der Waals surface area contributed by atoms with E-state index in [1.54, 1.807) is 16.9 Å². The quantitative estimate of drug-likeness (QED) is 0.361. The van der Waals surface area contributed by atoms with Crippen LogP contribution in [0.3, 0.4) is 0 Å². The minimum Gasteiger partial charge on any atom is -0.457 e. The molecule has 1 aliphatic rings. The van der Waals surface area contributed by atoms with E-state index in [9.17, 15) is 4.79 Å². The van der Waals surface area contributed by atoms with Gasteiger partial charge in [0.15, 0.2) is 0 Å². The van der Waals surface area contributed by atoms with E-state index in [4.69, 9.17) is 20.3 Å². The SMILES string of the molecule is C/C=C/C(=O)[N+]1(n2nc(-c3ccc(Oc4ccccc4)cc3)c3c(N)ncnc32)CCOCC1. The Morgan fingerprint density at radius 3 is 2.47 bits per heavy atom. The molecule has 0 bridgehead atoms. The van der Waals surface area contributed by atoms with Gasteiger partial charge in [0.1, 0.15) is 42.4 Å². The van der Waals surface area contributed by atoms with Gasteiger partial charge >= 0.3 is 5.91 Å². The van der Waals surface area contributed by atoms with E-state index >= 15 is 0 Å². The van der Waals surface area contributed by atoms with Gasteiger partial charge in [0.05, 0.1) is 18.6 Å². The van der Waals surface area contributed by atoms with E-state index in [1.807, 2.05) is 61.5 Å². The predicted molar refractivity (Wildman–Crippen MR) is 130 cm³/mol. The minimum atomic E-state index is -0.0921. The number of anilines is 1. The number of rotatable bonds is 5. The second-order valence-corrected chi connectivity index (χ2v) is 7.96. The predicted octanol–water partition coefficient (Wildman–Crippen LogP) is 3.44. The lowest BCUT2D eigenvalue weighted by Crippen LogP contribution is -2.67. The van der Waals surface area contributed by atoms with Crippen molar-refractivity contribution in [3.8, 4) is 22.8 Å². The van der Waals surface area contributed by atoms with Gasteiger partial charge in [-0.1, -0.05) is 29.1 Å². The van der Waals surface area contributed by atoms with Crippen molar-refractivity contribution in [2.45, 2.75) is 6.92 Å². The van der Waals surface area contributed by atoms with Crippen LogP contribution in [0.25, 0.3) is 22.3 Å². The summed E-state index contributed by atoms with van der Waals surface area (Å²) in [6.45, 7) is 3.57. The molecule has 0 aliphatic carbocycles. The van der Waals surface area contributed by atoms with Crippen LogP contribution < -0.4 is 15.1 Å². The standard InChI is InChI=1S/C25H25N6O3/c1-2-6-21(32)31(13-15-33-16-14-31)30-25-22(24(26)27-17-28-25)23(29-30)18-9-11-20(12-10-18)34-19-7-4-3-5-8-19/h2-12,17H,13-16H2,1H3,(H2,26,27,28)/q+1/b6-2+. The zero-order valence-corrected chi connectivity index (χ0v) is 18.8. The number of para-hydroxylation sites is 1. The van der Waals surface area contributed by atoms with Gasteiger partial charge in [-0.15, -0.1) is 9.69 Å². The van der Waals surface area contributed by atoms with Crippen molar-refractivity contribution in [3.63, 3.8) is 0 Å². The van der Waals surface area contributed by atoms with Crippen molar-refractivity contribution in [2.24, 2.45) is 0 Å². The Balaban J connectivity index is 1.61. The van der Waals surface area contributed by atoms with Crippen molar-refractivity contribution in [2.75, 3.05) is 32.0 Å². The Bertz CT molecular complexity index is 1340. The molecule has 1 saturated heterocycles. The molecular formula is C25H25N6O3+. The van der Waals surface area contributed by atoms with Gasteiger partial charge in [-0.05, 0) is 43.3 Å². The molecular weight excluding hydrogens is 432 g/mol. The first-order valence-electron chi connectivity index (χ1n) is 11.1. The van der Waals surface area contributed by atoms with E-state index in [0.717, 1.165) is 11.3 Å². The number of hydrogen-bond acceptors (Lipinski definition) is 7. The molecule has 4 aromatic rings. The van der Waals surface area contributed by atoms with Crippen molar-refractivity contribution in [1.82, 2.24) is 24.4 Å². The number of ether oxygens (including phenoxy) is 2. The summed E-state index contributed by atoms with van der Waals surface area (Å²) in [5.74, 6) is 1.66. The fraction of sp³-hybridized carbons (Fsp3) is 0.200. The van der Waals surface area contributed by atoms with Crippen molar-refractivity contribution >= 4 is 22.8 Å². The maximum absolute atomic E-state index is 13.3. The molecule has 5 rings (SSSR count). The number of allylic oxidation sites excluding steroid dienone is 1. The lowest BCUT2D eigenvalue weighted by molar-refractivity contribution is -0.139. The summed E-state index contributed by atoms with van der Waals surface area (Å²) in [7, 11) is 0. The summed E-state index contributed by atoms with van der Waals surface area (Å²) in [6.07, 6.45) is 4.70. The first-order valence-corrected chi connectivity index (χ1v) is 11.1. The number of quaternary nitrogens is 1. The second kappa shape index (κ2) is 9.05. The van der Waals surface area contributed by atoms with Crippen molar-refractivity contribution < 1.29 is 14.3 Å². The van der Waals surface area contributed by atoms with Gasteiger partial charge in [0.25, 0.3) is 0 Å². The van der Waals surface area contributed by atoms with Crippen LogP contribution in [-0.2, 0) is 9.53 Å². The summed E-state index contributed by atoms with van der Waals surface area (Å²) in [6, 6.07) is 17.1. The maximum Gasteiger partial charge on any atom is 0.364 e. The summed E-state index contributed by atoms with van der Waals surface area (Å²) < 4.78 is 11.4. The molecule has 2 aromatic heterocycles. The number of nitrogen functional groups attached to an aromatic ring is 1. The molecule has 0 saturated carbocycles. The Hall–Kier alpha value is -4.08. The molecule has 9 heteroatoms. The van der Waals surface area contributed by atoms with Crippen LogP contribution in [0.15, 0.2) is 73.1 Å². The zero-order valence-electron chi connectivity index (χ0n) is 18.8. The van der Waals surface area contributed by atoms with Gasteiger partial charge in [-0.25, -0.2) is 14.8 Å². The largest absolute Gasteiger partial charge is 0.457 e. The average Bonchev–Trinajstić information content (AvgIpc) is 3.27. The number of amides is 1. The molecule has 3 heterocycles. The maximum atomic E-state index is 13.3. The first-order chi connectivity index (χ1) is 16.6. The monoisotopic (exact) mass is 457 g/mol. The highest BCUT2D eigenvalue weighted by Gasteiger charge is 2.43. The molecule has 1 fully saturated rings. The normalized spacial score (nSPS) is 15.6. The number of aromatic nitrogens is 4. The topological polar surface area (TPSA) is 105 Å². The number of nitrogens with two attached hydrogens (primary N) is 1. The molecule has 0 radical (unpaired) electrons. The van der Waals surface area contributed by atoms with E-state index in [2.05, 4.69) is 9.97 Å². The molecule has 0 unspecified atom stereocenters. The van der Waals surface area contributed by atoms with Crippen LogP contribution >= 0.6 is 0 Å². The lowest BCUT2D eigenvalue weighted by atomic mass is 10.1. The summed E-state index contributed by atoms with van der Waals surface area (Å²) >= 11 is 0. The Morgan fingerprint density at radius 1 is 1.06 bits per heavy atom. The zero-order chi connectivity index (χ0) is 23.5. The van der Waals surface area contributed by atoms with Crippen LogP contribution in [-0.4, -0.2) is 52.1 Å². The van der Waals surface area contributed by atoms with Gasteiger partial charge in [0.2, 0.25) is 5.65 Å². The number of morpholine rings is 1. The van der Waals surface area contributed by atoms with Gasteiger partial charge in [-0.3, -0.25) is 0 Å². The number of benzene rings is 2. The van der Waals surface area contributed by atoms with E-state index < -0.39 is 0 Å². The van der Waals surface area contributed by atoms with Gasteiger partial charge < -0.3 is 15.2 Å². The number of nitrogens with zero attached hydrogens (tertiary/aromatic N) is 5. The fourth-order valence-electron chi connectivity index (χ4n) is 4.16. The molecule has 2 aromatic carbocycles. The van der Waals surface area contributed by atoms with Crippen LogP contribution in [0, 0.1) is 0 Å². The Morgan fingerprint density at radius 2 is 1.76 bits per heavy atom. The number of carbonyl (C=O) groups excluding carboxylic acids is 1.